The highest BCUT2D eigenvalue weighted by molar-refractivity contribution is 14.1. The number of benzene rings is 2. The van der Waals surface area contributed by atoms with Crippen molar-refractivity contribution in [3.63, 3.8) is 0 Å². The molecule has 0 aliphatic heterocycles. The maximum absolute atomic E-state index is 11.9. The van der Waals surface area contributed by atoms with Gasteiger partial charge in [-0.1, -0.05) is 17.7 Å². The van der Waals surface area contributed by atoms with Gasteiger partial charge in [0.2, 0.25) is 5.91 Å². The van der Waals surface area contributed by atoms with Crippen LogP contribution in [0.3, 0.4) is 0 Å². The molecule has 0 bridgehead atoms. The van der Waals surface area contributed by atoms with E-state index in [9.17, 15) is 9.59 Å². The summed E-state index contributed by atoms with van der Waals surface area (Å²) >= 11 is 2.19. The average Bonchev–Trinajstić information content (AvgIpc) is 2.47. The van der Waals surface area contributed by atoms with Crippen LogP contribution in [0.1, 0.15) is 15.9 Å². The first-order valence-corrected chi connectivity index (χ1v) is 7.53. The molecule has 2 aromatic carbocycles. The van der Waals surface area contributed by atoms with Crippen LogP contribution in [0.25, 0.3) is 0 Å². The first-order chi connectivity index (χ1) is 10.0. The van der Waals surface area contributed by atoms with Gasteiger partial charge in [0.25, 0.3) is 5.91 Å². The van der Waals surface area contributed by atoms with E-state index in [4.69, 9.17) is 0 Å². The predicted octanol–water partition coefficient (Wildman–Crippen LogP) is 2.97. The van der Waals surface area contributed by atoms with Gasteiger partial charge in [-0.3, -0.25) is 9.59 Å². The minimum absolute atomic E-state index is 0.0568. The average molecular weight is 394 g/mol. The Kier molecular flexibility index (Phi) is 5.32. The van der Waals surface area contributed by atoms with Crippen LogP contribution in [-0.4, -0.2) is 18.4 Å². The molecule has 2 aromatic rings. The Morgan fingerprint density at radius 3 is 2.48 bits per heavy atom. The molecule has 5 heteroatoms. The fourth-order valence-corrected chi connectivity index (χ4v) is 2.15. The number of amides is 2. The van der Waals surface area contributed by atoms with Gasteiger partial charge < -0.3 is 10.6 Å². The third-order valence-electron chi connectivity index (χ3n) is 2.82. The summed E-state index contributed by atoms with van der Waals surface area (Å²) < 4.78 is 1.10. The highest BCUT2D eigenvalue weighted by Gasteiger charge is 2.08. The minimum Gasteiger partial charge on any atom is -0.343 e. The van der Waals surface area contributed by atoms with Crippen LogP contribution in [0.4, 0.5) is 5.69 Å². The maximum Gasteiger partial charge on any atom is 0.251 e. The van der Waals surface area contributed by atoms with Crippen LogP contribution < -0.4 is 10.6 Å². The van der Waals surface area contributed by atoms with Gasteiger partial charge in [-0.2, -0.15) is 0 Å². The van der Waals surface area contributed by atoms with Gasteiger partial charge in [0.05, 0.1) is 6.54 Å². The fourth-order valence-electron chi connectivity index (χ4n) is 1.79. The van der Waals surface area contributed by atoms with Crippen molar-refractivity contribution < 1.29 is 9.59 Å². The first-order valence-electron chi connectivity index (χ1n) is 6.45. The number of rotatable bonds is 4. The molecule has 0 saturated heterocycles. The number of halogens is 1. The molecule has 0 radical (unpaired) electrons. The third-order valence-corrected chi connectivity index (χ3v) is 3.54. The normalized spacial score (nSPS) is 10.0. The second kappa shape index (κ2) is 7.21. The Morgan fingerprint density at radius 1 is 1.10 bits per heavy atom. The molecule has 0 fully saturated rings. The second-order valence-corrected chi connectivity index (χ2v) is 5.85. The number of hydrogen-bond donors (Lipinski definition) is 2. The molecule has 0 aliphatic rings. The highest BCUT2D eigenvalue weighted by Crippen LogP contribution is 2.10. The molecule has 0 atom stereocenters. The van der Waals surface area contributed by atoms with Gasteiger partial charge in [0, 0.05) is 14.8 Å². The maximum atomic E-state index is 11.9. The Balaban J connectivity index is 1.86. The van der Waals surface area contributed by atoms with Crippen LogP contribution in [0, 0.1) is 10.5 Å². The highest BCUT2D eigenvalue weighted by atomic mass is 127. The first kappa shape index (κ1) is 15.5. The summed E-state index contributed by atoms with van der Waals surface area (Å²) in [5, 5.41) is 5.34. The lowest BCUT2D eigenvalue weighted by Crippen LogP contribution is -2.32. The second-order valence-electron chi connectivity index (χ2n) is 4.61. The van der Waals surface area contributed by atoms with Crippen LogP contribution >= 0.6 is 22.6 Å². The Labute approximate surface area is 137 Å². The van der Waals surface area contributed by atoms with Crippen molar-refractivity contribution in [2.45, 2.75) is 6.92 Å². The summed E-state index contributed by atoms with van der Waals surface area (Å²) in [5.41, 5.74) is 2.27. The molecule has 2 N–H and O–H groups in total. The number of carbonyl (C=O) groups is 2. The molecule has 2 amide bonds. The van der Waals surface area contributed by atoms with Gasteiger partial charge in [-0.15, -0.1) is 0 Å². The van der Waals surface area contributed by atoms with Crippen LogP contribution in [0.5, 0.6) is 0 Å². The lowest BCUT2D eigenvalue weighted by atomic mass is 10.1. The van der Waals surface area contributed by atoms with Crippen molar-refractivity contribution in [2.24, 2.45) is 0 Å². The third kappa shape index (κ3) is 4.86. The van der Waals surface area contributed by atoms with E-state index < -0.39 is 0 Å². The molecule has 0 saturated carbocycles. The smallest absolute Gasteiger partial charge is 0.251 e. The monoisotopic (exact) mass is 394 g/mol. The van der Waals surface area contributed by atoms with Crippen LogP contribution in [0.2, 0.25) is 0 Å². The van der Waals surface area contributed by atoms with Crippen molar-refractivity contribution in [3.8, 4) is 0 Å². The largest absolute Gasteiger partial charge is 0.343 e. The molecule has 108 valence electrons. The topological polar surface area (TPSA) is 58.2 Å². The molecule has 0 heterocycles. The van der Waals surface area contributed by atoms with E-state index in [1.54, 1.807) is 12.1 Å². The summed E-state index contributed by atoms with van der Waals surface area (Å²) in [6, 6.07) is 14.7. The molecule has 4 nitrogen and oxygen atoms in total. The van der Waals surface area contributed by atoms with Gasteiger partial charge in [0.15, 0.2) is 0 Å². The van der Waals surface area contributed by atoms with Gasteiger partial charge in [-0.25, -0.2) is 0 Å². The number of hydrogen-bond acceptors (Lipinski definition) is 2. The van der Waals surface area contributed by atoms with E-state index in [1.165, 1.54) is 0 Å². The van der Waals surface area contributed by atoms with Crippen molar-refractivity contribution in [2.75, 3.05) is 11.9 Å². The molecule has 2 rings (SSSR count). The minimum atomic E-state index is -0.253. The fraction of sp³-hybridized carbons (Fsp3) is 0.125. The van der Waals surface area contributed by atoms with E-state index >= 15 is 0 Å². The standard InChI is InChI=1S/C16H15IN2O2/c1-11-3-2-4-12(9-11)16(21)18-10-15(20)19-14-7-5-13(17)6-8-14/h2-9H,10H2,1H3,(H,18,21)(H,19,20). The van der Waals surface area contributed by atoms with Crippen LogP contribution in [0.15, 0.2) is 48.5 Å². The quantitative estimate of drug-likeness (QED) is 0.784. The lowest BCUT2D eigenvalue weighted by Gasteiger charge is -2.07. The number of anilines is 1. The Hall–Kier alpha value is -1.89. The summed E-state index contributed by atoms with van der Waals surface area (Å²) in [7, 11) is 0. The predicted molar refractivity (Wildman–Crippen MR) is 91.3 cm³/mol. The van der Waals surface area contributed by atoms with Gasteiger partial charge in [0.1, 0.15) is 0 Å². The molecule has 0 aromatic heterocycles. The van der Waals surface area contributed by atoms with Gasteiger partial charge >= 0.3 is 0 Å². The molecule has 0 spiro atoms. The summed E-state index contributed by atoms with van der Waals surface area (Å²) in [6.45, 7) is 1.86. The van der Waals surface area contributed by atoms with Gasteiger partial charge in [-0.05, 0) is 65.9 Å². The zero-order valence-corrected chi connectivity index (χ0v) is 13.7. The summed E-state index contributed by atoms with van der Waals surface area (Å²) in [6.07, 6.45) is 0. The zero-order valence-electron chi connectivity index (χ0n) is 11.5. The number of nitrogens with one attached hydrogen (secondary N) is 2. The lowest BCUT2D eigenvalue weighted by molar-refractivity contribution is -0.115. The number of carbonyl (C=O) groups excluding carboxylic acids is 2. The molecular weight excluding hydrogens is 379 g/mol. The van der Waals surface area contributed by atoms with Crippen molar-refractivity contribution in [1.29, 1.82) is 0 Å². The summed E-state index contributed by atoms with van der Waals surface area (Å²) in [4.78, 5) is 23.7. The Bertz CT molecular complexity index is 654. The SMILES string of the molecule is Cc1cccc(C(=O)NCC(=O)Nc2ccc(I)cc2)c1. The van der Waals surface area contributed by atoms with Crippen molar-refractivity contribution >= 4 is 40.1 Å². The molecule has 21 heavy (non-hydrogen) atoms. The molecule has 0 aliphatic carbocycles. The van der Waals surface area contributed by atoms with Crippen molar-refractivity contribution in [1.82, 2.24) is 5.32 Å². The summed E-state index contributed by atoms with van der Waals surface area (Å²) in [5.74, 6) is -0.506. The van der Waals surface area contributed by atoms with E-state index in [2.05, 4.69) is 33.2 Å². The molecule has 0 unspecified atom stereocenters. The number of aryl methyl sites for hydroxylation is 1. The molecular formula is C16H15IN2O2. The Morgan fingerprint density at radius 2 is 1.81 bits per heavy atom. The van der Waals surface area contributed by atoms with E-state index in [1.807, 2.05) is 43.3 Å². The van der Waals surface area contributed by atoms with Crippen molar-refractivity contribution in [3.05, 3.63) is 63.2 Å². The van der Waals surface area contributed by atoms with E-state index in [0.717, 1.165) is 9.13 Å². The van der Waals surface area contributed by atoms with E-state index in [0.29, 0.717) is 11.3 Å². The van der Waals surface area contributed by atoms with E-state index in [-0.39, 0.29) is 18.4 Å². The zero-order chi connectivity index (χ0) is 15.2. The van der Waals surface area contributed by atoms with Crippen LogP contribution in [-0.2, 0) is 4.79 Å².